The van der Waals surface area contributed by atoms with Crippen LogP contribution in [0.3, 0.4) is 0 Å². The predicted molar refractivity (Wildman–Crippen MR) is 129 cm³/mol. The Balaban J connectivity index is 0.986. The summed E-state index contributed by atoms with van der Waals surface area (Å²) in [7, 11) is 0. The lowest BCUT2D eigenvalue weighted by molar-refractivity contribution is -0.137. The highest BCUT2D eigenvalue weighted by molar-refractivity contribution is 5.83. The van der Waals surface area contributed by atoms with Crippen molar-refractivity contribution in [3.63, 3.8) is 0 Å². The van der Waals surface area contributed by atoms with Crippen molar-refractivity contribution in [2.75, 3.05) is 26.4 Å². The van der Waals surface area contributed by atoms with E-state index in [-0.39, 0.29) is 0 Å². The molecule has 0 saturated carbocycles. The van der Waals surface area contributed by atoms with Crippen LogP contribution in [0.15, 0.2) is 49.1 Å². The largest absolute Gasteiger partial charge is 0.489 e. The average Bonchev–Trinajstić information content (AvgIpc) is 3.64. The van der Waals surface area contributed by atoms with Crippen molar-refractivity contribution >= 4 is 21.9 Å². The number of nitrogens with one attached hydrogen (secondary N) is 3. The van der Waals surface area contributed by atoms with Crippen molar-refractivity contribution in [3.8, 4) is 11.4 Å². The summed E-state index contributed by atoms with van der Waals surface area (Å²) in [4.78, 5) is 3.15. The van der Waals surface area contributed by atoms with Crippen molar-refractivity contribution < 1.29 is 22.6 Å². The fraction of sp³-hybridized carbons (Fsp3) is 0.333. The van der Waals surface area contributed by atoms with E-state index in [4.69, 9.17) is 9.47 Å². The molecule has 194 valence electrons. The average molecular weight is 515 g/mol. The summed E-state index contributed by atoms with van der Waals surface area (Å²) in [5.41, 5.74) is 3.10. The Hall–Kier alpha value is -3.97. The van der Waals surface area contributed by atoms with Crippen LogP contribution in [0.25, 0.3) is 27.6 Å². The third-order valence-corrected chi connectivity index (χ3v) is 5.79. The highest BCUT2D eigenvalue weighted by Crippen LogP contribution is 2.31. The molecule has 13 heteroatoms. The Bertz CT molecular complexity index is 1450. The number of fused-ring (bicyclic) bond motifs is 2. The van der Waals surface area contributed by atoms with Crippen LogP contribution in [-0.2, 0) is 17.5 Å². The summed E-state index contributed by atoms with van der Waals surface area (Å²) in [6.45, 7) is 2.71. The molecule has 0 saturated heterocycles. The third-order valence-electron chi connectivity index (χ3n) is 5.79. The molecule has 10 nitrogen and oxygen atoms in total. The zero-order valence-electron chi connectivity index (χ0n) is 19.8. The molecular formula is C24H25F3N8O2. The first kappa shape index (κ1) is 24.7. The van der Waals surface area contributed by atoms with Gasteiger partial charge in [-0.15, -0.1) is 15.3 Å². The van der Waals surface area contributed by atoms with Crippen LogP contribution in [0.5, 0.6) is 5.75 Å². The molecule has 0 radical (unpaired) electrons. The van der Waals surface area contributed by atoms with E-state index in [0.29, 0.717) is 48.5 Å². The molecule has 0 spiro atoms. The Labute approximate surface area is 209 Å². The lowest BCUT2D eigenvalue weighted by Crippen LogP contribution is -2.15. The van der Waals surface area contributed by atoms with Crippen LogP contribution < -0.4 is 10.1 Å². The standard InChI is InChI=1S/C24H25F3N8O2/c25-24(26,27)17-3-4-20-16(9-17)10-18(31-20)13-28-5-1-2-6-36-7-8-37-22-12-19(35-14-29-30-15-35)11-21-23(22)33-34-32-21/h3-4,9-12,14-15,28,31H,1-2,5-8,13H2,(H,32,33,34). The first-order valence-corrected chi connectivity index (χ1v) is 11.8. The Morgan fingerprint density at radius 3 is 2.65 bits per heavy atom. The van der Waals surface area contributed by atoms with Gasteiger partial charge in [-0.1, -0.05) is 5.21 Å². The van der Waals surface area contributed by atoms with Crippen LogP contribution in [-0.4, -0.2) is 61.5 Å². The third kappa shape index (κ3) is 6.06. The van der Waals surface area contributed by atoms with Crippen LogP contribution in [0.1, 0.15) is 24.1 Å². The van der Waals surface area contributed by atoms with Crippen molar-refractivity contribution in [1.82, 2.24) is 40.5 Å². The summed E-state index contributed by atoms with van der Waals surface area (Å²) < 4.78 is 51.9. The normalized spacial score (nSPS) is 12.1. The number of rotatable bonds is 12. The monoisotopic (exact) mass is 514 g/mol. The number of hydrogen-bond donors (Lipinski definition) is 3. The van der Waals surface area contributed by atoms with Gasteiger partial charge >= 0.3 is 6.18 Å². The van der Waals surface area contributed by atoms with Crippen LogP contribution in [0.2, 0.25) is 0 Å². The number of H-pyrrole nitrogens is 2. The van der Waals surface area contributed by atoms with Gasteiger partial charge in [0.05, 0.1) is 23.4 Å². The fourth-order valence-corrected chi connectivity index (χ4v) is 3.96. The van der Waals surface area contributed by atoms with E-state index in [1.165, 1.54) is 12.1 Å². The summed E-state index contributed by atoms with van der Waals surface area (Å²) in [5, 5.41) is 22.3. The molecule has 0 unspecified atom stereocenters. The molecule has 0 amide bonds. The second-order valence-corrected chi connectivity index (χ2v) is 8.46. The van der Waals surface area contributed by atoms with Crippen molar-refractivity contribution in [3.05, 3.63) is 60.3 Å². The number of unbranched alkanes of at least 4 members (excludes halogenated alkanes) is 1. The van der Waals surface area contributed by atoms with Crippen molar-refractivity contribution in [2.45, 2.75) is 25.6 Å². The lowest BCUT2D eigenvalue weighted by Gasteiger charge is -2.10. The van der Waals surface area contributed by atoms with Crippen molar-refractivity contribution in [1.29, 1.82) is 0 Å². The molecule has 0 aliphatic carbocycles. The zero-order valence-corrected chi connectivity index (χ0v) is 19.8. The van der Waals surface area contributed by atoms with E-state index < -0.39 is 11.7 Å². The highest BCUT2D eigenvalue weighted by Gasteiger charge is 2.30. The van der Waals surface area contributed by atoms with Crippen LogP contribution in [0.4, 0.5) is 13.2 Å². The number of halogens is 3. The lowest BCUT2D eigenvalue weighted by atomic mass is 10.1. The first-order valence-electron chi connectivity index (χ1n) is 11.8. The number of aromatic amines is 2. The van der Waals surface area contributed by atoms with E-state index in [2.05, 4.69) is 35.9 Å². The SMILES string of the molecule is FC(F)(F)c1ccc2[nH]c(CNCCCCOCCOc3cc(-n4cnnc4)cc4[nH]nnc34)cc2c1. The minimum Gasteiger partial charge on any atom is -0.489 e. The molecule has 5 rings (SSSR count). The molecule has 37 heavy (non-hydrogen) atoms. The molecule has 5 aromatic rings. The molecule has 0 aliphatic heterocycles. The van der Waals surface area contributed by atoms with Gasteiger partial charge in [0.25, 0.3) is 0 Å². The van der Waals surface area contributed by atoms with Crippen molar-refractivity contribution in [2.24, 2.45) is 0 Å². The van der Waals surface area contributed by atoms with E-state index in [1.807, 2.05) is 12.1 Å². The Morgan fingerprint density at radius 1 is 0.946 bits per heavy atom. The minimum absolute atomic E-state index is 0.363. The predicted octanol–water partition coefficient (Wildman–Crippen LogP) is 4.00. The van der Waals surface area contributed by atoms with Crippen LogP contribution in [0, 0.1) is 0 Å². The molecule has 2 aromatic carbocycles. The van der Waals surface area contributed by atoms with Gasteiger partial charge in [-0.2, -0.15) is 13.2 Å². The van der Waals surface area contributed by atoms with Gasteiger partial charge in [0.15, 0.2) is 11.3 Å². The minimum atomic E-state index is -4.34. The molecule has 0 atom stereocenters. The summed E-state index contributed by atoms with van der Waals surface area (Å²) in [5.74, 6) is 0.592. The number of aromatic nitrogens is 7. The Kier molecular flexibility index (Phi) is 7.32. The second-order valence-electron chi connectivity index (χ2n) is 8.46. The number of alkyl halides is 3. The molecule has 0 bridgehead atoms. The maximum absolute atomic E-state index is 12.9. The molecule has 3 heterocycles. The van der Waals surface area contributed by atoms with E-state index in [1.54, 1.807) is 23.3 Å². The Morgan fingerprint density at radius 2 is 1.81 bits per heavy atom. The maximum atomic E-state index is 12.9. The fourth-order valence-electron chi connectivity index (χ4n) is 3.96. The smallest absolute Gasteiger partial charge is 0.416 e. The van der Waals surface area contributed by atoms with Gasteiger partial charge in [0.2, 0.25) is 0 Å². The molecule has 0 aliphatic rings. The number of hydrogen-bond acceptors (Lipinski definition) is 7. The van der Waals surface area contributed by atoms with E-state index in [0.717, 1.165) is 42.4 Å². The quantitative estimate of drug-likeness (QED) is 0.215. The van der Waals surface area contributed by atoms with Gasteiger partial charge in [0, 0.05) is 35.8 Å². The number of benzene rings is 2. The summed E-state index contributed by atoms with van der Waals surface area (Å²) in [6, 6.07) is 9.20. The first-order chi connectivity index (χ1) is 18.0. The molecule has 3 N–H and O–H groups in total. The maximum Gasteiger partial charge on any atom is 0.416 e. The van der Waals surface area contributed by atoms with Crippen LogP contribution >= 0.6 is 0 Å². The zero-order chi connectivity index (χ0) is 25.7. The molecule has 0 fully saturated rings. The molecular weight excluding hydrogens is 489 g/mol. The summed E-state index contributed by atoms with van der Waals surface area (Å²) >= 11 is 0. The molecule has 3 aromatic heterocycles. The van der Waals surface area contributed by atoms with Gasteiger partial charge in [0.1, 0.15) is 19.3 Å². The second kappa shape index (κ2) is 11.0. The van der Waals surface area contributed by atoms with Gasteiger partial charge < -0.3 is 19.8 Å². The number of ether oxygens (including phenoxy) is 2. The van der Waals surface area contributed by atoms with E-state index >= 15 is 0 Å². The highest BCUT2D eigenvalue weighted by atomic mass is 19.4. The van der Waals surface area contributed by atoms with E-state index in [9.17, 15) is 13.2 Å². The van der Waals surface area contributed by atoms with Gasteiger partial charge in [-0.05, 0) is 49.7 Å². The number of nitrogens with zero attached hydrogens (tertiary/aromatic N) is 5. The van der Waals surface area contributed by atoms with Gasteiger partial charge in [-0.3, -0.25) is 9.67 Å². The van der Waals surface area contributed by atoms with Gasteiger partial charge in [-0.25, -0.2) is 0 Å². The topological polar surface area (TPSA) is 119 Å². The summed E-state index contributed by atoms with van der Waals surface area (Å²) in [6.07, 6.45) is 0.622.